The number of amides is 8. The van der Waals surface area contributed by atoms with Gasteiger partial charge < -0.3 is 74.9 Å². The first-order valence-electron chi connectivity index (χ1n) is 24.3. The molecule has 8 amide bonds. The maximum atomic E-state index is 14.5. The van der Waals surface area contributed by atoms with Crippen molar-refractivity contribution in [3.8, 4) is 5.75 Å². The molecule has 74 heavy (non-hydrogen) atoms. The Balaban J connectivity index is 1.57. The summed E-state index contributed by atoms with van der Waals surface area (Å²) in [5, 5.41) is 35.9. The van der Waals surface area contributed by atoms with Crippen LogP contribution in [0, 0.1) is 11.8 Å². The highest BCUT2D eigenvalue weighted by Gasteiger charge is 2.41. The second-order valence-electron chi connectivity index (χ2n) is 18.8. The van der Waals surface area contributed by atoms with Crippen molar-refractivity contribution in [2.75, 3.05) is 13.1 Å². The number of aromatic hydroxyl groups is 1. The van der Waals surface area contributed by atoms with Crippen LogP contribution < -0.4 is 54.8 Å². The third kappa shape index (κ3) is 18.2. The van der Waals surface area contributed by atoms with Gasteiger partial charge in [-0.3, -0.25) is 43.3 Å². The van der Waals surface area contributed by atoms with Crippen LogP contribution >= 0.6 is 0 Å². The minimum Gasteiger partial charge on any atom is -0.508 e. The molecule has 25 heteroatoms. The average Bonchev–Trinajstić information content (AvgIpc) is 4.06. The summed E-state index contributed by atoms with van der Waals surface area (Å²) in [6, 6.07) is 4.17. The number of aliphatic carboxylic acids is 1. The number of likely N-dealkylation sites (tertiary alicyclic amines) is 1. The van der Waals surface area contributed by atoms with Gasteiger partial charge in [0.05, 0.1) is 18.8 Å². The van der Waals surface area contributed by atoms with Crippen LogP contribution in [0.5, 0.6) is 5.75 Å². The fraction of sp³-hybridized carbons (Fsp3) is 0.490. The quantitative estimate of drug-likeness (QED) is 0.0207. The Morgan fingerprint density at radius 1 is 0.716 bits per heavy atom. The number of nitrogens with one attached hydrogen (secondary N) is 7. The third-order valence-corrected chi connectivity index (χ3v) is 12.2. The largest absolute Gasteiger partial charge is 0.508 e. The molecular formula is C49H70N14O11. The number of imidazole rings is 1. The van der Waals surface area contributed by atoms with E-state index in [2.05, 4.69) is 46.9 Å². The first-order chi connectivity index (χ1) is 35.0. The number of aromatic nitrogens is 2. The molecule has 2 aromatic carbocycles. The predicted molar refractivity (Wildman–Crippen MR) is 270 cm³/mol. The molecule has 402 valence electrons. The van der Waals surface area contributed by atoms with E-state index in [-0.39, 0.29) is 63.3 Å². The molecule has 0 radical (unpaired) electrons. The van der Waals surface area contributed by atoms with Gasteiger partial charge in [0, 0.05) is 44.2 Å². The molecule has 1 aliphatic heterocycles. The molecule has 1 aromatic heterocycles. The van der Waals surface area contributed by atoms with Crippen LogP contribution in [0.1, 0.15) is 76.6 Å². The van der Waals surface area contributed by atoms with Crippen molar-refractivity contribution >= 4 is 59.2 Å². The van der Waals surface area contributed by atoms with E-state index in [1.807, 2.05) is 0 Å². The van der Waals surface area contributed by atoms with Crippen LogP contribution in [0.25, 0.3) is 0 Å². The second kappa shape index (κ2) is 28.2. The van der Waals surface area contributed by atoms with Crippen molar-refractivity contribution in [3.05, 3.63) is 83.9 Å². The highest BCUT2D eigenvalue weighted by atomic mass is 16.4. The standard InChI is InChI=1S/C49H70N14O11/c1-26(2)39(61-42(67)33(12-8-18-55-49(52)53)57-41(66)32(50)23-38(51)65)45(70)58-34(20-29-14-16-31(64)17-15-29)43(68)62-40(27(3)4)46(71)59-35(22-30-24-54-25-56-30)47(72)63-19-9-13-37(63)44(69)60-36(48(73)74)21-28-10-6-5-7-11-28/h5-7,10-11,14-17,24-27,32-37,39-40,64H,8-9,12-13,18-23,50H2,1-4H3,(H2,51,65)(H,54,56)(H,57,66)(H,58,70)(H,59,71)(H,60,69)(H,61,67)(H,62,68)(H,73,74)(H4,52,53,55)/t32-,33-,34+,35-,36-,37-,39-,40-/m0/s1. The van der Waals surface area contributed by atoms with Crippen molar-refractivity contribution in [3.63, 3.8) is 0 Å². The number of phenolic OH excluding ortho intramolecular Hbond substituents is 1. The van der Waals surface area contributed by atoms with Crippen LogP contribution in [-0.2, 0) is 62.4 Å². The summed E-state index contributed by atoms with van der Waals surface area (Å²) in [6.07, 6.45) is 2.86. The molecule has 0 saturated carbocycles. The summed E-state index contributed by atoms with van der Waals surface area (Å²) in [6.45, 7) is 6.77. The summed E-state index contributed by atoms with van der Waals surface area (Å²) in [4.78, 5) is 134. The fourth-order valence-electron chi connectivity index (χ4n) is 8.18. The Morgan fingerprint density at radius 2 is 1.28 bits per heavy atom. The third-order valence-electron chi connectivity index (χ3n) is 12.2. The van der Waals surface area contributed by atoms with Crippen LogP contribution in [0.2, 0.25) is 0 Å². The van der Waals surface area contributed by atoms with Gasteiger partial charge in [-0.25, -0.2) is 9.78 Å². The summed E-state index contributed by atoms with van der Waals surface area (Å²) >= 11 is 0. The van der Waals surface area contributed by atoms with Gasteiger partial charge in [-0.1, -0.05) is 70.2 Å². The van der Waals surface area contributed by atoms with E-state index in [4.69, 9.17) is 22.9 Å². The fourth-order valence-corrected chi connectivity index (χ4v) is 8.18. The number of rotatable bonds is 28. The number of hydrogen-bond donors (Lipinski definition) is 13. The number of phenols is 1. The number of benzene rings is 2. The summed E-state index contributed by atoms with van der Waals surface area (Å²) in [5.41, 5.74) is 23.5. The van der Waals surface area contributed by atoms with E-state index in [1.165, 1.54) is 41.7 Å². The molecule has 2 heterocycles. The molecular weight excluding hydrogens is 961 g/mol. The Labute approximate surface area is 428 Å². The highest BCUT2D eigenvalue weighted by molar-refractivity contribution is 5.98. The zero-order chi connectivity index (χ0) is 54.6. The number of guanidine groups is 1. The molecule has 1 saturated heterocycles. The first kappa shape index (κ1) is 58.5. The Hall–Kier alpha value is -8.09. The normalized spacial score (nSPS) is 16.0. The number of carbonyl (C=O) groups excluding carboxylic acids is 8. The minimum absolute atomic E-state index is 0.000444. The van der Waals surface area contributed by atoms with E-state index in [0.717, 1.165) is 0 Å². The molecule has 0 aliphatic carbocycles. The molecule has 17 N–H and O–H groups in total. The zero-order valence-electron chi connectivity index (χ0n) is 41.9. The highest BCUT2D eigenvalue weighted by Crippen LogP contribution is 2.21. The predicted octanol–water partition coefficient (Wildman–Crippen LogP) is -2.30. The number of H-pyrrole nitrogens is 1. The van der Waals surface area contributed by atoms with E-state index >= 15 is 0 Å². The zero-order valence-corrected chi connectivity index (χ0v) is 41.9. The second-order valence-corrected chi connectivity index (χ2v) is 18.8. The number of nitrogens with zero attached hydrogens (tertiary/aromatic N) is 3. The minimum atomic E-state index is -1.41. The van der Waals surface area contributed by atoms with Crippen LogP contribution in [0.3, 0.4) is 0 Å². The number of carboxylic acid groups (broad SMARTS) is 1. The molecule has 1 aliphatic rings. The van der Waals surface area contributed by atoms with Crippen LogP contribution in [-0.4, -0.2) is 146 Å². The first-order valence-corrected chi connectivity index (χ1v) is 24.3. The lowest BCUT2D eigenvalue weighted by atomic mass is 9.98. The van der Waals surface area contributed by atoms with Crippen molar-refractivity contribution in [2.45, 2.75) is 127 Å². The van der Waals surface area contributed by atoms with Gasteiger partial charge in [-0.2, -0.15) is 0 Å². The van der Waals surface area contributed by atoms with E-state index in [1.54, 1.807) is 58.0 Å². The summed E-state index contributed by atoms with van der Waals surface area (Å²) < 4.78 is 0. The van der Waals surface area contributed by atoms with Crippen LogP contribution in [0.15, 0.2) is 72.1 Å². The Kier molecular flexibility index (Phi) is 22.3. The van der Waals surface area contributed by atoms with Gasteiger partial charge in [0.15, 0.2) is 5.96 Å². The molecule has 0 bridgehead atoms. The van der Waals surface area contributed by atoms with Gasteiger partial charge in [0.1, 0.15) is 48.0 Å². The SMILES string of the molecule is CC(C)[C@H](NC(=O)[C@H](CCCN=C(N)N)NC(=O)[C@@H](N)CC(N)=O)C(=O)N[C@H](Cc1ccc(O)cc1)C(=O)N[C@H](C(=O)N[C@@H](Cc1cnc[nH]1)C(=O)N1CCC[C@H]1C(=O)N[C@@H](Cc1ccccc1)C(=O)O)C(C)C. The number of carboxylic acids is 1. The van der Waals surface area contributed by atoms with Crippen molar-refractivity contribution in [1.29, 1.82) is 0 Å². The number of nitrogens with two attached hydrogens (primary N) is 4. The van der Waals surface area contributed by atoms with Gasteiger partial charge in [0.25, 0.3) is 0 Å². The molecule has 4 rings (SSSR count). The van der Waals surface area contributed by atoms with E-state index < -0.39 is 120 Å². The lowest BCUT2D eigenvalue weighted by molar-refractivity contribution is -0.145. The topological polar surface area (TPSA) is 415 Å². The van der Waals surface area contributed by atoms with E-state index in [9.17, 15) is 53.4 Å². The molecule has 0 spiro atoms. The van der Waals surface area contributed by atoms with Gasteiger partial charge in [0.2, 0.25) is 47.3 Å². The number of carbonyl (C=O) groups is 9. The van der Waals surface area contributed by atoms with Crippen molar-refractivity contribution in [1.82, 2.24) is 46.8 Å². The van der Waals surface area contributed by atoms with Gasteiger partial charge >= 0.3 is 5.97 Å². The summed E-state index contributed by atoms with van der Waals surface area (Å²) in [5.74, 6) is -9.04. The molecule has 3 aromatic rings. The Morgan fingerprint density at radius 3 is 1.84 bits per heavy atom. The van der Waals surface area contributed by atoms with Gasteiger partial charge in [-0.05, 0) is 60.8 Å². The number of primary amides is 1. The monoisotopic (exact) mass is 1030 g/mol. The smallest absolute Gasteiger partial charge is 0.326 e. The number of aromatic amines is 1. The molecule has 8 atom stereocenters. The van der Waals surface area contributed by atoms with Crippen molar-refractivity contribution in [2.24, 2.45) is 39.8 Å². The Bertz CT molecular complexity index is 2430. The van der Waals surface area contributed by atoms with Crippen molar-refractivity contribution < 1.29 is 53.4 Å². The average molecular weight is 1030 g/mol. The van der Waals surface area contributed by atoms with E-state index in [0.29, 0.717) is 23.2 Å². The number of aliphatic imine (C=N–C) groups is 1. The lowest BCUT2D eigenvalue weighted by Gasteiger charge is -2.31. The maximum Gasteiger partial charge on any atom is 0.326 e. The molecule has 1 fully saturated rings. The van der Waals surface area contributed by atoms with Crippen LogP contribution in [0.4, 0.5) is 0 Å². The molecule has 0 unspecified atom stereocenters. The number of hydrogen-bond acceptors (Lipinski definition) is 13. The maximum absolute atomic E-state index is 14.5. The summed E-state index contributed by atoms with van der Waals surface area (Å²) in [7, 11) is 0. The molecule has 25 nitrogen and oxygen atoms in total. The lowest BCUT2D eigenvalue weighted by Crippen LogP contribution is -2.62. The van der Waals surface area contributed by atoms with Gasteiger partial charge in [-0.15, -0.1) is 0 Å².